The van der Waals surface area contributed by atoms with E-state index >= 15 is 0 Å². The fourth-order valence-corrected chi connectivity index (χ4v) is 3.35. The van der Waals surface area contributed by atoms with Crippen molar-refractivity contribution in [1.82, 2.24) is 0 Å². The summed E-state index contributed by atoms with van der Waals surface area (Å²) in [6.07, 6.45) is 26.1. The minimum atomic E-state index is -0.651. The van der Waals surface area contributed by atoms with Crippen molar-refractivity contribution in [3.05, 3.63) is 0 Å². The van der Waals surface area contributed by atoms with Gasteiger partial charge in [0.15, 0.2) is 0 Å². The summed E-state index contributed by atoms with van der Waals surface area (Å²) in [6.45, 7) is 2.28. The summed E-state index contributed by atoms with van der Waals surface area (Å²) in [6, 6.07) is 0. The number of hydrogen-bond acceptors (Lipinski definition) is 1. The Morgan fingerprint density at radius 1 is 0.520 bits per heavy atom. The van der Waals surface area contributed by atoms with Crippen molar-refractivity contribution >= 4 is 5.97 Å². The maximum Gasteiger partial charge on any atom is 0.303 e. The molecule has 1 N–H and O–H groups in total. The summed E-state index contributed by atoms with van der Waals surface area (Å²) in [4.78, 5) is 10.4. The molecule has 25 heavy (non-hydrogen) atoms. The molecule has 0 heterocycles. The normalized spacial score (nSPS) is 10.6. The van der Waals surface area contributed by atoms with Crippen LogP contribution in [0.1, 0.15) is 135 Å². The van der Waals surface area contributed by atoms with Crippen LogP contribution in [0.25, 0.3) is 0 Å². The van der Waals surface area contributed by atoms with E-state index in [1.807, 2.05) is 0 Å². The molecule has 0 aliphatic rings. The van der Waals surface area contributed by atoms with Gasteiger partial charge in [0.25, 0.3) is 0 Å². The average Bonchev–Trinajstić information content (AvgIpc) is 2.56. The molecule has 0 saturated heterocycles. The SMILES string of the molecule is CCCCCCCCCCCCCCCCCCCCCC(=O)O.[Zn]. The molecule has 2 nitrogen and oxygen atoms in total. The zero-order valence-electron chi connectivity index (χ0n) is 17.2. The Morgan fingerprint density at radius 3 is 1.00 bits per heavy atom. The molecule has 3 heteroatoms. The second-order valence-electron chi connectivity index (χ2n) is 7.51. The molecule has 0 saturated carbocycles. The third kappa shape index (κ3) is 26.4. The van der Waals surface area contributed by atoms with Crippen molar-refractivity contribution < 1.29 is 29.4 Å². The molecule has 0 bridgehead atoms. The first-order valence-corrected chi connectivity index (χ1v) is 11.0. The first kappa shape index (κ1) is 27.3. The zero-order valence-corrected chi connectivity index (χ0v) is 20.2. The van der Waals surface area contributed by atoms with Crippen molar-refractivity contribution in [1.29, 1.82) is 0 Å². The van der Waals surface area contributed by atoms with E-state index in [1.165, 1.54) is 109 Å². The van der Waals surface area contributed by atoms with Gasteiger partial charge >= 0.3 is 5.97 Å². The summed E-state index contributed by atoms with van der Waals surface area (Å²) >= 11 is 0. The smallest absolute Gasteiger partial charge is 0.303 e. The number of carboxylic acid groups (broad SMARTS) is 1. The summed E-state index contributed by atoms with van der Waals surface area (Å²) in [5.74, 6) is -0.651. The summed E-state index contributed by atoms with van der Waals surface area (Å²) in [5, 5.41) is 8.56. The average molecular weight is 406 g/mol. The Balaban J connectivity index is 0. The predicted octanol–water partition coefficient (Wildman–Crippen LogP) is 7.89. The molecule has 0 amide bonds. The fourth-order valence-electron chi connectivity index (χ4n) is 3.35. The summed E-state index contributed by atoms with van der Waals surface area (Å²) in [7, 11) is 0. The van der Waals surface area contributed by atoms with E-state index < -0.39 is 5.97 Å². The van der Waals surface area contributed by atoms with Crippen molar-refractivity contribution in [3.8, 4) is 0 Å². The third-order valence-electron chi connectivity index (χ3n) is 4.99. The Bertz CT molecular complexity index is 256. The van der Waals surface area contributed by atoms with Gasteiger partial charge in [-0.05, 0) is 6.42 Å². The molecule has 0 rings (SSSR count). The van der Waals surface area contributed by atoms with E-state index in [9.17, 15) is 4.79 Å². The van der Waals surface area contributed by atoms with Crippen LogP contribution in [0.15, 0.2) is 0 Å². The first-order valence-electron chi connectivity index (χ1n) is 11.0. The Kier molecular flexibility index (Phi) is 26.3. The molecule has 0 fully saturated rings. The van der Waals surface area contributed by atoms with Gasteiger partial charge in [-0.3, -0.25) is 4.79 Å². The number of unbranched alkanes of at least 4 members (excludes halogenated alkanes) is 18. The van der Waals surface area contributed by atoms with E-state index in [2.05, 4.69) is 6.92 Å². The topological polar surface area (TPSA) is 37.3 Å². The van der Waals surface area contributed by atoms with Gasteiger partial charge in [-0.15, -0.1) is 0 Å². The molecule has 0 spiro atoms. The van der Waals surface area contributed by atoms with E-state index in [4.69, 9.17) is 5.11 Å². The molecule has 0 atom stereocenters. The molecule has 0 aliphatic heterocycles. The molecule has 0 aliphatic carbocycles. The van der Waals surface area contributed by atoms with E-state index in [-0.39, 0.29) is 19.5 Å². The Labute approximate surface area is 170 Å². The van der Waals surface area contributed by atoms with Crippen LogP contribution in [-0.4, -0.2) is 11.1 Å². The van der Waals surface area contributed by atoms with Crippen molar-refractivity contribution in [2.24, 2.45) is 0 Å². The van der Waals surface area contributed by atoms with Crippen molar-refractivity contribution in [2.75, 3.05) is 0 Å². The quantitative estimate of drug-likeness (QED) is 0.165. The molecular formula is C22H44O2Zn. The van der Waals surface area contributed by atoms with Gasteiger partial charge in [-0.25, -0.2) is 0 Å². The van der Waals surface area contributed by atoms with Gasteiger partial charge in [-0.1, -0.05) is 122 Å². The second kappa shape index (κ2) is 24.1. The molecule has 0 radical (unpaired) electrons. The van der Waals surface area contributed by atoms with Crippen LogP contribution in [0, 0.1) is 0 Å². The van der Waals surface area contributed by atoms with E-state index in [1.54, 1.807) is 0 Å². The van der Waals surface area contributed by atoms with Gasteiger partial charge in [0.1, 0.15) is 0 Å². The maximum absolute atomic E-state index is 10.4. The molecule has 146 valence electrons. The van der Waals surface area contributed by atoms with Crippen molar-refractivity contribution in [3.63, 3.8) is 0 Å². The van der Waals surface area contributed by atoms with Crippen LogP contribution < -0.4 is 0 Å². The van der Waals surface area contributed by atoms with Crippen LogP contribution >= 0.6 is 0 Å². The van der Waals surface area contributed by atoms with Crippen LogP contribution in [0.3, 0.4) is 0 Å². The summed E-state index contributed by atoms with van der Waals surface area (Å²) in [5.41, 5.74) is 0. The van der Waals surface area contributed by atoms with Crippen LogP contribution in [-0.2, 0) is 24.3 Å². The molecule has 0 unspecified atom stereocenters. The minimum Gasteiger partial charge on any atom is -0.481 e. The number of rotatable bonds is 20. The second-order valence-corrected chi connectivity index (χ2v) is 7.51. The molecule has 0 aromatic heterocycles. The van der Waals surface area contributed by atoms with Crippen LogP contribution in [0.4, 0.5) is 0 Å². The number of carbonyl (C=O) groups is 1. The first-order chi connectivity index (χ1) is 11.8. The monoisotopic (exact) mass is 404 g/mol. The predicted molar refractivity (Wildman–Crippen MR) is 106 cm³/mol. The van der Waals surface area contributed by atoms with Crippen LogP contribution in [0.5, 0.6) is 0 Å². The molecule has 0 aromatic rings. The number of carboxylic acids is 1. The van der Waals surface area contributed by atoms with Crippen molar-refractivity contribution in [2.45, 2.75) is 135 Å². The van der Waals surface area contributed by atoms with Gasteiger partial charge < -0.3 is 5.11 Å². The van der Waals surface area contributed by atoms with Gasteiger partial charge in [0.05, 0.1) is 0 Å². The maximum atomic E-state index is 10.4. The van der Waals surface area contributed by atoms with Gasteiger partial charge in [0, 0.05) is 25.9 Å². The van der Waals surface area contributed by atoms with E-state index in [0.717, 1.165) is 12.8 Å². The third-order valence-corrected chi connectivity index (χ3v) is 4.99. The zero-order chi connectivity index (χ0) is 17.7. The number of hydrogen-bond donors (Lipinski definition) is 1. The van der Waals surface area contributed by atoms with Crippen LogP contribution in [0.2, 0.25) is 0 Å². The van der Waals surface area contributed by atoms with Gasteiger partial charge in [0.2, 0.25) is 0 Å². The standard InChI is InChI=1S/C22H44O2.Zn/c1-2-3-4-5-6-7-8-9-10-11-12-13-14-15-16-17-18-19-20-21-22(23)24;/h2-21H2,1H3,(H,23,24);. The minimum absolute atomic E-state index is 0. The molecule has 0 aromatic carbocycles. The summed E-state index contributed by atoms with van der Waals surface area (Å²) < 4.78 is 0. The Hall–Kier alpha value is 0.0934. The fraction of sp³-hybridized carbons (Fsp3) is 0.955. The molecular weight excluding hydrogens is 362 g/mol. The largest absolute Gasteiger partial charge is 0.481 e. The number of aliphatic carboxylic acids is 1. The van der Waals surface area contributed by atoms with Gasteiger partial charge in [-0.2, -0.15) is 0 Å². The Morgan fingerprint density at radius 2 is 0.760 bits per heavy atom. The van der Waals surface area contributed by atoms with E-state index in [0.29, 0.717) is 6.42 Å².